The number of nitrogens with zero attached hydrogens (tertiary/aromatic N) is 2. The molecule has 0 fully saturated rings. The fourth-order valence-corrected chi connectivity index (χ4v) is 2.37. The summed E-state index contributed by atoms with van der Waals surface area (Å²) in [5.41, 5.74) is 10.3. The van der Waals surface area contributed by atoms with Gasteiger partial charge in [-0.15, -0.1) is 0 Å². The van der Waals surface area contributed by atoms with Gasteiger partial charge in [0.1, 0.15) is 0 Å². The highest BCUT2D eigenvalue weighted by Gasteiger charge is 2.15. The van der Waals surface area contributed by atoms with Crippen LogP contribution in [0.2, 0.25) is 0 Å². The average Bonchev–Trinajstić information content (AvgIpc) is 2.53. The maximum absolute atomic E-state index is 10.1. The molecule has 8 N–H and O–H groups in total. The van der Waals surface area contributed by atoms with E-state index < -0.39 is 25.5 Å². The number of hydrogen-bond donors (Lipinski definition) is 4. The number of aromatic amines is 2. The minimum absolute atomic E-state index is 0.0764. The molecule has 0 aliphatic rings. The molecule has 2 heterocycles. The highest BCUT2D eigenvalue weighted by Crippen LogP contribution is 2.48. The van der Waals surface area contributed by atoms with Crippen molar-refractivity contribution < 1.29 is 52.8 Å². The van der Waals surface area contributed by atoms with Crippen LogP contribution in [0.25, 0.3) is 0 Å². The molecule has 2 unspecified atom stereocenters. The quantitative estimate of drug-likeness (QED) is 0.218. The van der Waals surface area contributed by atoms with Crippen LogP contribution in [0.4, 0.5) is 23.0 Å². The molecule has 0 aliphatic heterocycles. The molecule has 2 aromatic rings. The second kappa shape index (κ2) is 11.1. The predicted molar refractivity (Wildman–Crippen MR) is 88.9 cm³/mol. The van der Waals surface area contributed by atoms with Gasteiger partial charge in [0.25, 0.3) is 15.6 Å². The first-order chi connectivity index (χ1) is 13.1. The van der Waals surface area contributed by atoms with Gasteiger partial charge in [-0.1, -0.05) is 0 Å². The van der Waals surface area contributed by atoms with Crippen LogP contribution in [0.1, 0.15) is 0 Å². The fourth-order valence-electron chi connectivity index (χ4n) is 1.33. The maximum Gasteiger partial charge on any atom is 0.357 e. The normalized spacial score (nSPS) is 13.9. The maximum atomic E-state index is 10.1. The molecule has 0 bridgehead atoms. The summed E-state index contributed by atoms with van der Waals surface area (Å²) in [4.78, 5) is 58.4. The van der Waals surface area contributed by atoms with E-state index in [9.17, 15) is 39.1 Å². The van der Waals surface area contributed by atoms with E-state index in [4.69, 9.17) is 21.3 Å². The molecule has 17 nitrogen and oxygen atoms in total. The molecular formula is C10H14N6O11P2. The Morgan fingerprint density at radius 3 is 1.31 bits per heavy atom. The Balaban J connectivity index is 0.000000407. The third kappa shape index (κ3) is 12.1. The molecule has 0 amide bonds. The van der Waals surface area contributed by atoms with Crippen LogP contribution in [0.3, 0.4) is 0 Å². The summed E-state index contributed by atoms with van der Waals surface area (Å²) in [6.07, 6.45) is 3.06. The van der Waals surface area contributed by atoms with Gasteiger partial charge in [0.15, 0.2) is 0 Å². The molecule has 0 aromatic carbocycles. The van der Waals surface area contributed by atoms with Gasteiger partial charge in [0, 0.05) is 12.1 Å². The molecule has 0 saturated heterocycles. The molecule has 0 radical (unpaired) electrons. The first kappa shape index (κ1) is 26.0. The fraction of sp³-hybridized carbons (Fsp3) is 0. The van der Waals surface area contributed by atoms with E-state index in [0.717, 1.165) is 0 Å². The molecular weight excluding hydrogens is 442 g/mol. The largest absolute Gasteiger partial charge is 0.756 e. The van der Waals surface area contributed by atoms with Crippen molar-refractivity contribution >= 4 is 38.7 Å². The number of nitro groups is 2. The van der Waals surface area contributed by atoms with Crippen molar-refractivity contribution in [2.75, 3.05) is 11.5 Å². The third-order valence-electron chi connectivity index (χ3n) is 2.33. The lowest BCUT2D eigenvalue weighted by Crippen LogP contribution is -2.11. The van der Waals surface area contributed by atoms with Gasteiger partial charge in [0.2, 0.25) is 0 Å². The Morgan fingerprint density at radius 2 is 1.17 bits per heavy atom. The lowest BCUT2D eigenvalue weighted by molar-refractivity contribution is -0.409. The zero-order valence-electron chi connectivity index (χ0n) is 14.0. The van der Waals surface area contributed by atoms with Crippen LogP contribution in [0, 0.1) is 20.2 Å². The van der Waals surface area contributed by atoms with Gasteiger partial charge in [0.05, 0.1) is 22.2 Å². The van der Waals surface area contributed by atoms with Gasteiger partial charge < -0.3 is 19.6 Å². The molecule has 2 aromatic heterocycles. The van der Waals surface area contributed by atoms with Crippen LogP contribution in [-0.2, 0) is 13.4 Å². The number of phosphoric acid groups is 2. The summed E-state index contributed by atoms with van der Waals surface area (Å²) >= 11 is 0. The minimum Gasteiger partial charge on any atom is -0.756 e. The number of nitrogens with two attached hydrogens (primary N) is 2. The average molecular weight is 456 g/mol. The van der Waals surface area contributed by atoms with Crippen molar-refractivity contribution in [3.63, 3.8) is 0 Å². The standard InChI is InChI=1S/2C5H5N3O2.H4O7P2/c2*6-5-4(8(9)10)2-1-3-7-5;1-8(2,3)7-9(4,5)6/h2*1-3H,(H2,6,7);(H2,1,2,3)(H2,4,5,6). The Kier molecular flexibility index (Phi) is 9.92. The second-order valence-electron chi connectivity index (χ2n) is 4.47. The van der Waals surface area contributed by atoms with Gasteiger partial charge >= 0.3 is 23.0 Å². The summed E-state index contributed by atoms with van der Waals surface area (Å²) in [6, 6.07) is 5.72. The van der Waals surface area contributed by atoms with E-state index in [1.807, 2.05) is 0 Å². The molecule has 0 spiro atoms. The number of rotatable bonds is 4. The lowest BCUT2D eigenvalue weighted by atomic mass is 10.4. The number of pyridine rings is 2. The molecule has 160 valence electrons. The van der Waals surface area contributed by atoms with Crippen LogP contribution in [-0.4, -0.2) is 19.6 Å². The summed E-state index contributed by atoms with van der Waals surface area (Å²) < 4.78 is 21.7. The van der Waals surface area contributed by atoms with E-state index in [2.05, 4.69) is 14.3 Å². The molecule has 2 atom stereocenters. The van der Waals surface area contributed by atoms with Crippen molar-refractivity contribution in [3.8, 4) is 0 Å². The topological polar surface area (TPSA) is 297 Å². The monoisotopic (exact) mass is 456 g/mol. The van der Waals surface area contributed by atoms with E-state index in [0.29, 0.717) is 0 Å². The van der Waals surface area contributed by atoms with E-state index in [-0.39, 0.29) is 23.0 Å². The number of nitrogens with one attached hydrogen (secondary N) is 2. The zero-order valence-corrected chi connectivity index (χ0v) is 15.8. The summed E-state index contributed by atoms with van der Waals surface area (Å²) in [5, 5.41) is 20.3. The zero-order chi connectivity index (χ0) is 22.8. The van der Waals surface area contributed by atoms with Crippen molar-refractivity contribution in [1.82, 2.24) is 0 Å². The van der Waals surface area contributed by atoms with Crippen molar-refractivity contribution in [3.05, 3.63) is 56.9 Å². The Bertz CT molecular complexity index is 870. The van der Waals surface area contributed by atoms with E-state index in [1.165, 1.54) is 36.7 Å². The highest BCUT2D eigenvalue weighted by molar-refractivity contribution is 7.58. The highest BCUT2D eigenvalue weighted by atomic mass is 31.3. The van der Waals surface area contributed by atoms with Crippen LogP contribution in [0.5, 0.6) is 0 Å². The van der Waals surface area contributed by atoms with Crippen LogP contribution >= 0.6 is 15.6 Å². The minimum atomic E-state index is -5.36. The Hall–Kier alpha value is -3.04. The van der Waals surface area contributed by atoms with Gasteiger partial charge in [-0.25, -0.2) is 14.3 Å². The summed E-state index contributed by atoms with van der Waals surface area (Å²) in [5.74, 6) is 0.153. The number of aromatic nitrogens is 2. The third-order valence-corrected chi connectivity index (χ3v) is 3.98. The predicted octanol–water partition coefficient (Wildman–Crippen LogP) is -2.09. The molecule has 0 saturated carbocycles. The number of H-pyrrole nitrogens is 2. The van der Waals surface area contributed by atoms with Crippen molar-refractivity contribution in [2.45, 2.75) is 0 Å². The van der Waals surface area contributed by atoms with Crippen molar-refractivity contribution in [2.24, 2.45) is 0 Å². The smallest absolute Gasteiger partial charge is 0.357 e. The Morgan fingerprint density at radius 1 is 0.862 bits per heavy atom. The first-order valence-electron chi connectivity index (χ1n) is 6.74. The van der Waals surface area contributed by atoms with Crippen LogP contribution < -0.4 is 31.2 Å². The Labute approximate surface area is 160 Å². The van der Waals surface area contributed by atoms with Crippen molar-refractivity contribution in [1.29, 1.82) is 0 Å². The molecule has 0 aliphatic carbocycles. The summed E-state index contributed by atoms with van der Waals surface area (Å²) in [6.45, 7) is 0. The molecule has 29 heavy (non-hydrogen) atoms. The van der Waals surface area contributed by atoms with Gasteiger partial charge in [-0.3, -0.25) is 40.8 Å². The van der Waals surface area contributed by atoms with E-state index >= 15 is 0 Å². The molecule has 19 heteroatoms. The van der Waals surface area contributed by atoms with E-state index in [1.54, 1.807) is 0 Å². The lowest BCUT2D eigenvalue weighted by Gasteiger charge is -2.22. The SMILES string of the molecule is Nc1[nH+]cccc1[N+](=O)[O-].Nc1[nH+]cccc1[N+](=O)[O-].O=P([O-])(O)OP(=O)([O-])O. The second-order valence-corrected chi connectivity index (χ2v) is 7.00. The number of nitrogen functional groups attached to an aromatic ring is 2. The molecule has 2 rings (SSSR count). The van der Waals surface area contributed by atoms with Gasteiger partial charge in [-0.05, 0) is 12.1 Å². The first-order valence-corrected chi connectivity index (χ1v) is 9.73. The summed E-state index contributed by atoms with van der Waals surface area (Å²) in [7, 11) is -10.7. The number of anilines is 2. The van der Waals surface area contributed by atoms with Gasteiger partial charge in [-0.2, -0.15) is 0 Å². The van der Waals surface area contributed by atoms with Crippen LogP contribution in [0.15, 0.2) is 36.7 Å². The number of hydrogen-bond acceptors (Lipinski definition) is 11.